The van der Waals surface area contributed by atoms with E-state index in [2.05, 4.69) is 42.4 Å². The van der Waals surface area contributed by atoms with Crippen LogP contribution < -0.4 is 0 Å². The van der Waals surface area contributed by atoms with Crippen molar-refractivity contribution in [3.8, 4) is 0 Å². The fourth-order valence-corrected chi connectivity index (χ4v) is 3.88. The lowest BCUT2D eigenvalue weighted by molar-refractivity contribution is 0.0635. The molecule has 1 aromatic carbocycles. The standard InChI is InChI=1S/C20H24N2O2/c1-2-14-13-22(11-10-17(14)15-6-4-3-5-7-15)20(23)18-12-19(24-21-18)16-8-9-16/h3-7,12,14,16-17H,2,8-11,13H2,1H3/t14-,17-/m1/s1. The van der Waals surface area contributed by atoms with Crippen molar-refractivity contribution >= 4 is 5.91 Å². The number of piperidine rings is 1. The van der Waals surface area contributed by atoms with Crippen molar-refractivity contribution in [2.24, 2.45) is 5.92 Å². The van der Waals surface area contributed by atoms with Crippen LogP contribution in [0.3, 0.4) is 0 Å². The number of amides is 1. The molecule has 4 nitrogen and oxygen atoms in total. The molecule has 2 heterocycles. The second-order valence-electron chi connectivity index (χ2n) is 7.11. The first-order valence-electron chi connectivity index (χ1n) is 9.07. The smallest absolute Gasteiger partial charge is 0.276 e. The van der Waals surface area contributed by atoms with Crippen LogP contribution in [0.1, 0.15) is 66.3 Å². The molecule has 1 saturated carbocycles. The minimum absolute atomic E-state index is 0.0237. The molecule has 4 heteroatoms. The van der Waals surface area contributed by atoms with Gasteiger partial charge in [0, 0.05) is 25.1 Å². The molecule has 126 valence electrons. The second-order valence-corrected chi connectivity index (χ2v) is 7.11. The SMILES string of the molecule is CC[C@@H]1CN(C(=O)c2cc(C3CC3)on2)CC[C@H]1c1ccccc1. The zero-order chi connectivity index (χ0) is 16.5. The van der Waals surface area contributed by atoms with E-state index in [0.29, 0.717) is 23.4 Å². The van der Waals surface area contributed by atoms with Crippen molar-refractivity contribution in [1.29, 1.82) is 0 Å². The Hall–Kier alpha value is -2.10. The summed E-state index contributed by atoms with van der Waals surface area (Å²) >= 11 is 0. The minimum Gasteiger partial charge on any atom is -0.360 e. The summed E-state index contributed by atoms with van der Waals surface area (Å²) in [6.45, 7) is 3.82. The number of likely N-dealkylation sites (tertiary alicyclic amines) is 1. The molecule has 0 spiro atoms. The molecule has 24 heavy (non-hydrogen) atoms. The first-order chi connectivity index (χ1) is 11.8. The Kier molecular flexibility index (Phi) is 4.13. The summed E-state index contributed by atoms with van der Waals surface area (Å²) in [7, 11) is 0. The molecule has 0 radical (unpaired) electrons. The van der Waals surface area contributed by atoms with Gasteiger partial charge in [-0.25, -0.2) is 0 Å². The first-order valence-corrected chi connectivity index (χ1v) is 9.07. The highest BCUT2D eigenvalue weighted by atomic mass is 16.5. The van der Waals surface area contributed by atoms with Gasteiger partial charge >= 0.3 is 0 Å². The summed E-state index contributed by atoms with van der Waals surface area (Å²) in [5, 5.41) is 4.01. The van der Waals surface area contributed by atoms with E-state index in [9.17, 15) is 4.79 Å². The fourth-order valence-electron chi connectivity index (χ4n) is 3.88. The summed E-state index contributed by atoms with van der Waals surface area (Å²) in [6, 6.07) is 12.5. The largest absolute Gasteiger partial charge is 0.360 e. The number of benzene rings is 1. The molecular formula is C20H24N2O2. The van der Waals surface area contributed by atoms with Gasteiger partial charge in [-0.3, -0.25) is 4.79 Å². The van der Waals surface area contributed by atoms with Gasteiger partial charge in [0.05, 0.1) is 0 Å². The highest BCUT2D eigenvalue weighted by Crippen LogP contribution is 2.40. The maximum absolute atomic E-state index is 12.8. The van der Waals surface area contributed by atoms with Crippen LogP contribution in [0.4, 0.5) is 0 Å². The number of aromatic nitrogens is 1. The summed E-state index contributed by atoms with van der Waals surface area (Å²) in [5.74, 6) is 2.44. The molecule has 4 rings (SSSR count). The number of nitrogens with zero attached hydrogens (tertiary/aromatic N) is 2. The normalized spacial score (nSPS) is 24.1. The van der Waals surface area contributed by atoms with Gasteiger partial charge in [-0.2, -0.15) is 0 Å². The minimum atomic E-state index is 0.0237. The van der Waals surface area contributed by atoms with Crippen LogP contribution in [-0.2, 0) is 0 Å². The van der Waals surface area contributed by atoms with E-state index in [0.717, 1.165) is 44.5 Å². The van der Waals surface area contributed by atoms with Gasteiger partial charge in [-0.15, -0.1) is 0 Å². The van der Waals surface area contributed by atoms with Gasteiger partial charge in [-0.1, -0.05) is 48.8 Å². The maximum atomic E-state index is 12.8. The van der Waals surface area contributed by atoms with Crippen LogP contribution >= 0.6 is 0 Å². The lowest BCUT2D eigenvalue weighted by Crippen LogP contribution is -2.43. The fraction of sp³-hybridized carbons (Fsp3) is 0.500. The molecule has 0 N–H and O–H groups in total. The molecule has 2 atom stereocenters. The molecule has 1 amide bonds. The van der Waals surface area contributed by atoms with Crippen LogP contribution in [0.5, 0.6) is 0 Å². The second kappa shape index (κ2) is 6.42. The highest BCUT2D eigenvalue weighted by molar-refractivity contribution is 5.92. The number of rotatable bonds is 4. The number of carbonyl (C=O) groups is 1. The highest BCUT2D eigenvalue weighted by Gasteiger charge is 2.34. The van der Waals surface area contributed by atoms with E-state index in [1.807, 2.05) is 11.0 Å². The first kappa shape index (κ1) is 15.4. The molecule has 0 bridgehead atoms. The zero-order valence-electron chi connectivity index (χ0n) is 14.1. The molecule has 2 aromatic rings. The maximum Gasteiger partial charge on any atom is 0.276 e. The Bertz CT molecular complexity index is 705. The summed E-state index contributed by atoms with van der Waals surface area (Å²) in [5.41, 5.74) is 1.87. The third-order valence-corrected chi connectivity index (χ3v) is 5.50. The Morgan fingerprint density at radius 3 is 2.75 bits per heavy atom. The van der Waals surface area contributed by atoms with Crippen molar-refractivity contribution in [2.45, 2.75) is 44.4 Å². The molecular weight excluding hydrogens is 300 g/mol. The van der Waals surface area contributed by atoms with Gasteiger partial charge in [0.25, 0.3) is 5.91 Å². The van der Waals surface area contributed by atoms with Crippen molar-refractivity contribution in [3.05, 3.63) is 53.4 Å². The van der Waals surface area contributed by atoms with E-state index in [1.54, 1.807) is 0 Å². The third kappa shape index (κ3) is 2.97. The Morgan fingerprint density at radius 2 is 2.04 bits per heavy atom. The lowest BCUT2D eigenvalue weighted by atomic mass is 9.79. The number of hydrogen-bond acceptors (Lipinski definition) is 3. The predicted molar refractivity (Wildman–Crippen MR) is 92.0 cm³/mol. The lowest BCUT2D eigenvalue weighted by Gasteiger charge is -2.38. The average Bonchev–Trinajstić information content (AvgIpc) is 3.38. The van der Waals surface area contributed by atoms with Crippen LogP contribution in [0.2, 0.25) is 0 Å². The topological polar surface area (TPSA) is 46.3 Å². The molecule has 1 aliphatic heterocycles. The molecule has 0 unspecified atom stereocenters. The van der Waals surface area contributed by atoms with Gasteiger partial charge in [0.15, 0.2) is 5.69 Å². The third-order valence-electron chi connectivity index (χ3n) is 5.50. The summed E-state index contributed by atoms with van der Waals surface area (Å²) < 4.78 is 5.35. The predicted octanol–water partition coefficient (Wildman–Crippen LogP) is 4.21. The van der Waals surface area contributed by atoms with Crippen molar-refractivity contribution in [1.82, 2.24) is 10.1 Å². The summed E-state index contributed by atoms with van der Waals surface area (Å²) in [6.07, 6.45) is 4.41. The van der Waals surface area contributed by atoms with Crippen LogP contribution in [0, 0.1) is 5.92 Å². The Labute approximate surface area is 142 Å². The van der Waals surface area contributed by atoms with Crippen molar-refractivity contribution in [2.75, 3.05) is 13.1 Å². The number of carbonyl (C=O) groups excluding carboxylic acids is 1. The van der Waals surface area contributed by atoms with Crippen molar-refractivity contribution in [3.63, 3.8) is 0 Å². The summed E-state index contributed by atoms with van der Waals surface area (Å²) in [4.78, 5) is 14.7. The molecule has 1 aliphatic carbocycles. The molecule has 2 aliphatic rings. The molecule has 1 aromatic heterocycles. The van der Waals surface area contributed by atoms with E-state index >= 15 is 0 Å². The molecule has 2 fully saturated rings. The van der Waals surface area contributed by atoms with Crippen LogP contribution in [0.25, 0.3) is 0 Å². The van der Waals surface area contributed by atoms with Crippen LogP contribution in [0.15, 0.2) is 40.9 Å². The van der Waals surface area contributed by atoms with Gasteiger partial charge in [-0.05, 0) is 36.7 Å². The van der Waals surface area contributed by atoms with Gasteiger partial charge < -0.3 is 9.42 Å². The van der Waals surface area contributed by atoms with E-state index in [4.69, 9.17) is 4.52 Å². The monoisotopic (exact) mass is 324 g/mol. The Balaban J connectivity index is 1.46. The van der Waals surface area contributed by atoms with Gasteiger partial charge in [0.2, 0.25) is 0 Å². The zero-order valence-corrected chi connectivity index (χ0v) is 14.1. The van der Waals surface area contributed by atoms with Crippen molar-refractivity contribution < 1.29 is 9.32 Å². The van der Waals surface area contributed by atoms with E-state index in [1.165, 1.54) is 5.56 Å². The van der Waals surface area contributed by atoms with E-state index in [-0.39, 0.29) is 5.91 Å². The quantitative estimate of drug-likeness (QED) is 0.846. The van der Waals surface area contributed by atoms with Gasteiger partial charge in [0.1, 0.15) is 5.76 Å². The van der Waals surface area contributed by atoms with E-state index < -0.39 is 0 Å². The Morgan fingerprint density at radius 1 is 1.25 bits per heavy atom. The number of hydrogen-bond donors (Lipinski definition) is 0. The average molecular weight is 324 g/mol. The molecule has 1 saturated heterocycles. The van der Waals surface area contributed by atoms with Crippen LogP contribution in [-0.4, -0.2) is 29.1 Å².